The largest absolute Gasteiger partial charge is 0.380 e. The zero-order valence-corrected chi connectivity index (χ0v) is 11.0. The molecule has 0 aliphatic rings. The van der Waals surface area contributed by atoms with Crippen LogP contribution in [0.5, 0.6) is 0 Å². The minimum absolute atomic E-state index is 0.318. The summed E-state index contributed by atoms with van der Waals surface area (Å²) >= 11 is 0. The van der Waals surface area contributed by atoms with E-state index in [-0.39, 0.29) is 5.82 Å². The normalized spacial score (nSPS) is 14.2. The van der Waals surface area contributed by atoms with Gasteiger partial charge in [-0.2, -0.15) is 0 Å². The van der Waals surface area contributed by atoms with Crippen molar-refractivity contribution in [1.82, 2.24) is 0 Å². The Balaban J connectivity index is 2.56. The van der Waals surface area contributed by atoms with Crippen LogP contribution in [0.25, 0.3) is 0 Å². The van der Waals surface area contributed by atoms with Gasteiger partial charge in [-0.25, -0.2) is 8.78 Å². The maximum absolute atomic E-state index is 13.3. The van der Waals surface area contributed by atoms with Crippen molar-refractivity contribution >= 4 is 0 Å². The second kappa shape index (κ2) is 5.10. The summed E-state index contributed by atoms with van der Waals surface area (Å²) in [4.78, 5) is 0. The first kappa shape index (κ1) is 13.7. The molecule has 1 unspecified atom stereocenters. The molecule has 0 saturated heterocycles. The topological polar surface area (TPSA) is 20.2 Å². The van der Waals surface area contributed by atoms with Gasteiger partial charge >= 0.3 is 0 Å². The summed E-state index contributed by atoms with van der Waals surface area (Å²) in [6.45, 7) is 3.45. The quantitative estimate of drug-likeness (QED) is 0.889. The highest BCUT2D eigenvalue weighted by Gasteiger charge is 2.30. The van der Waals surface area contributed by atoms with Gasteiger partial charge in [-0.15, -0.1) is 0 Å². The molecule has 2 aromatic carbocycles. The average molecular weight is 262 g/mol. The monoisotopic (exact) mass is 262 g/mol. The van der Waals surface area contributed by atoms with E-state index in [0.29, 0.717) is 23.1 Å². The van der Waals surface area contributed by atoms with Gasteiger partial charge in [0, 0.05) is 0 Å². The second-order valence-corrected chi connectivity index (χ2v) is 4.69. The lowest BCUT2D eigenvalue weighted by Crippen LogP contribution is -2.26. The van der Waals surface area contributed by atoms with Gasteiger partial charge in [0.2, 0.25) is 0 Å². The molecule has 0 fully saturated rings. The van der Waals surface area contributed by atoms with Crippen molar-refractivity contribution < 1.29 is 13.9 Å². The molecule has 2 aromatic rings. The van der Waals surface area contributed by atoms with Crippen LogP contribution in [-0.4, -0.2) is 5.11 Å². The molecule has 0 heterocycles. The van der Waals surface area contributed by atoms with E-state index in [1.807, 2.05) is 6.92 Å². The van der Waals surface area contributed by atoms with Crippen LogP contribution < -0.4 is 0 Å². The molecule has 3 heteroatoms. The first-order chi connectivity index (χ1) is 8.97. The number of aryl methyl sites for hydroxylation is 1. The molecule has 0 aliphatic heterocycles. The molecule has 1 nitrogen and oxygen atoms in total. The molecule has 0 aliphatic carbocycles. The molecule has 19 heavy (non-hydrogen) atoms. The minimum Gasteiger partial charge on any atom is -0.380 e. The van der Waals surface area contributed by atoms with Gasteiger partial charge in [-0.3, -0.25) is 0 Å². The molecule has 0 radical (unpaired) electrons. The molecule has 2 rings (SSSR count). The summed E-state index contributed by atoms with van der Waals surface area (Å²) in [5.74, 6) is -0.718. The molecular formula is C16H16F2O. The van der Waals surface area contributed by atoms with Gasteiger partial charge in [-0.05, 0) is 54.3 Å². The Morgan fingerprint density at radius 3 is 2.32 bits per heavy atom. The van der Waals surface area contributed by atoms with Crippen LogP contribution in [0.1, 0.15) is 30.0 Å². The van der Waals surface area contributed by atoms with Crippen molar-refractivity contribution in [3.05, 3.63) is 70.8 Å². The smallest absolute Gasteiger partial charge is 0.126 e. The maximum Gasteiger partial charge on any atom is 0.126 e. The molecule has 0 amide bonds. The molecule has 0 bridgehead atoms. The molecule has 1 N–H and O–H groups in total. The standard InChI is InChI=1S/C16H16F2O/c1-3-16(19,12-5-4-6-14(17)10-12)13-7-8-15(18)11(2)9-13/h4-10,19H,3H2,1-2H3. The minimum atomic E-state index is -1.30. The van der Waals surface area contributed by atoms with Crippen LogP contribution >= 0.6 is 0 Å². The molecule has 1 atom stereocenters. The number of halogens is 2. The Labute approximate surface area is 111 Å². The summed E-state index contributed by atoms with van der Waals surface area (Å²) in [6.07, 6.45) is 0.377. The van der Waals surface area contributed by atoms with Crippen LogP contribution in [0.2, 0.25) is 0 Å². The number of aliphatic hydroxyl groups is 1. The highest BCUT2D eigenvalue weighted by molar-refractivity contribution is 5.38. The highest BCUT2D eigenvalue weighted by Crippen LogP contribution is 2.33. The van der Waals surface area contributed by atoms with Crippen LogP contribution in [0.3, 0.4) is 0 Å². The van der Waals surface area contributed by atoms with Crippen LogP contribution in [-0.2, 0) is 5.60 Å². The number of hydrogen-bond acceptors (Lipinski definition) is 1. The summed E-state index contributed by atoms with van der Waals surface area (Å²) < 4.78 is 26.6. The van der Waals surface area contributed by atoms with E-state index < -0.39 is 11.4 Å². The van der Waals surface area contributed by atoms with Crippen molar-refractivity contribution in [2.45, 2.75) is 25.9 Å². The second-order valence-electron chi connectivity index (χ2n) is 4.69. The fourth-order valence-corrected chi connectivity index (χ4v) is 2.22. The lowest BCUT2D eigenvalue weighted by molar-refractivity contribution is 0.0760. The Morgan fingerprint density at radius 2 is 1.74 bits per heavy atom. The van der Waals surface area contributed by atoms with E-state index in [9.17, 15) is 13.9 Å². The molecule has 0 saturated carbocycles. The van der Waals surface area contributed by atoms with E-state index in [0.717, 1.165) is 0 Å². The van der Waals surface area contributed by atoms with Crippen molar-refractivity contribution in [2.75, 3.05) is 0 Å². The Hall–Kier alpha value is -1.74. The zero-order valence-electron chi connectivity index (χ0n) is 11.0. The lowest BCUT2D eigenvalue weighted by atomic mass is 9.83. The van der Waals surface area contributed by atoms with E-state index in [4.69, 9.17) is 0 Å². The molecular weight excluding hydrogens is 246 g/mol. The Bertz CT molecular complexity index is 595. The average Bonchev–Trinajstić information content (AvgIpc) is 2.41. The van der Waals surface area contributed by atoms with Crippen LogP contribution in [0.4, 0.5) is 8.78 Å². The Morgan fingerprint density at radius 1 is 1.05 bits per heavy atom. The van der Waals surface area contributed by atoms with Gasteiger partial charge in [0.15, 0.2) is 0 Å². The van der Waals surface area contributed by atoms with Crippen molar-refractivity contribution in [3.63, 3.8) is 0 Å². The van der Waals surface area contributed by atoms with Crippen molar-refractivity contribution in [2.24, 2.45) is 0 Å². The lowest BCUT2D eigenvalue weighted by Gasteiger charge is -2.28. The van der Waals surface area contributed by atoms with Crippen LogP contribution in [0.15, 0.2) is 42.5 Å². The van der Waals surface area contributed by atoms with E-state index in [2.05, 4.69) is 0 Å². The number of benzene rings is 2. The van der Waals surface area contributed by atoms with Crippen LogP contribution in [0, 0.1) is 18.6 Å². The number of hydrogen-bond donors (Lipinski definition) is 1. The van der Waals surface area contributed by atoms with Gasteiger partial charge in [0.25, 0.3) is 0 Å². The van der Waals surface area contributed by atoms with Gasteiger partial charge in [-0.1, -0.05) is 25.1 Å². The van der Waals surface area contributed by atoms with Gasteiger partial charge in [0.05, 0.1) is 0 Å². The third kappa shape index (κ3) is 2.51. The summed E-state index contributed by atoms with van der Waals surface area (Å²) in [7, 11) is 0. The predicted octanol–water partition coefficient (Wildman–Crippen LogP) is 3.92. The first-order valence-corrected chi connectivity index (χ1v) is 6.22. The van der Waals surface area contributed by atoms with Gasteiger partial charge in [0.1, 0.15) is 17.2 Å². The van der Waals surface area contributed by atoms with Gasteiger partial charge < -0.3 is 5.11 Å². The SMILES string of the molecule is CCC(O)(c1cccc(F)c1)c1ccc(F)c(C)c1. The first-order valence-electron chi connectivity index (χ1n) is 6.22. The molecule has 100 valence electrons. The van der Waals surface area contributed by atoms with Crippen molar-refractivity contribution in [3.8, 4) is 0 Å². The van der Waals surface area contributed by atoms with Crippen molar-refractivity contribution in [1.29, 1.82) is 0 Å². The Kier molecular flexibility index (Phi) is 3.67. The highest BCUT2D eigenvalue weighted by atomic mass is 19.1. The fourth-order valence-electron chi connectivity index (χ4n) is 2.22. The predicted molar refractivity (Wildman–Crippen MR) is 70.8 cm³/mol. The fraction of sp³-hybridized carbons (Fsp3) is 0.250. The molecule has 0 aromatic heterocycles. The zero-order chi connectivity index (χ0) is 14.0. The summed E-state index contributed by atoms with van der Waals surface area (Å²) in [5, 5.41) is 10.8. The maximum atomic E-state index is 13.3. The van der Waals surface area contributed by atoms with E-state index in [1.165, 1.54) is 24.3 Å². The van der Waals surface area contributed by atoms with E-state index in [1.54, 1.807) is 25.1 Å². The van der Waals surface area contributed by atoms with E-state index >= 15 is 0 Å². The third-order valence-corrected chi connectivity index (χ3v) is 3.45. The number of rotatable bonds is 3. The molecule has 0 spiro atoms. The third-order valence-electron chi connectivity index (χ3n) is 3.45. The summed E-state index contributed by atoms with van der Waals surface area (Å²) in [6, 6.07) is 10.3. The summed E-state index contributed by atoms with van der Waals surface area (Å²) in [5.41, 5.74) is 0.196.